The van der Waals surface area contributed by atoms with Gasteiger partial charge in [-0.05, 0) is 12.1 Å². The van der Waals surface area contributed by atoms with Crippen LogP contribution >= 0.6 is 11.3 Å². The minimum atomic E-state index is 0.442. The molecule has 2 N–H and O–H groups in total. The summed E-state index contributed by atoms with van der Waals surface area (Å²) in [5.74, 6) is 0.647. The van der Waals surface area contributed by atoms with Gasteiger partial charge in [-0.2, -0.15) is 0 Å². The average molecular weight is 312 g/mol. The summed E-state index contributed by atoms with van der Waals surface area (Å²) in [6, 6.07) is 3.83. The minimum absolute atomic E-state index is 0.442. The van der Waals surface area contributed by atoms with E-state index >= 15 is 0 Å². The molecule has 2 rings (SSSR count). The van der Waals surface area contributed by atoms with Crippen LogP contribution in [0, 0.1) is 0 Å². The molecule has 21 heavy (non-hydrogen) atoms. The Bertz CT molecular complexity index is 547. The summed E-state index contributed by atoms with van der Waals surface area (Å²) in [4.78, 5) is 4.23. The lowest BCUT2D eigenvalue weighted by atomic mass is 10.2. The van der Waals surface area contributed by atoms with Crippen molar-refractivity contribution in [2.75, 3.05) is 52.5 Å². The Morgan fingerprint density at radius 1 is 1.05 bits per heavy atom. The molecule has 0 saturated heterocycles. The fourth-order valence-corrected chi connectivity index (χ4v) is 2.43. The third kappa shape index (κ3) is 4.82. The maximum absolute atomic E-state index is 6.02. The highest BCUT2D eigenvalue weighted by atomic mass is 32.1. The zero-order chi connectivity index (χ0) is 14.9. The Morgan fingerprint density at radius 2 is 1.76 bits per heavy atom. The molecular weight excluding hydrogens is 292 g/mol. The molecule has 0 aliphatic carbocycles. The molecule has 0 spiro atoms. The first-order valence-electron chi connectivity index (χ1n) is 6.72. The van der Waals surface area contributed by atoms with Crippen LogP contribution in [0.3, 0.4) is 0 Å². The first kappa shape index (κ1) is 16.0. The molecule has 0 unspecified atom stereocenters. The number of benzene rings is 1. The molecule has 0 saturated carbocycles. The fraction of sp³-hybridized carbons (Fsp3) is 0.500. The van der Waals surface area contributed by atoms with Crippen molar-refractivity contribution >= 4 is 27.2 Å². The number of hydrogen-bond acceptors (Lipinski definition) is 7. The number of aromatic nitrogens is 1. The highest BCUT2D eigenvalue weighted by molar-refractivity contribution is 7.16. The average Bonchev–Trinajstić information content (AvgIpc) is 2.97. The first-order valence-corrected chi connectivity index (χ1v) is 7.60. The van der Waals surface area contributed by atoms with E-state index in [1.165, 1.54) is 0 Å². The van der Waals surface area contributed by atoms with Gasteiger partial charge in [0.2, 0.25) is 0 Å². The summed E-state index contributed by atoms with van der Waals surface area (Å²) in [7, 11) is 1.64. The van der Waals surface area contributed by atoms with Crippen molar-refractivity contribution in [1.82, 2.24) is 4.98 Å². The molecule has 0 fully saturated rings. The molecule has 0 amide bonds. The smallest absolute Gasteiger partial charge is 0.144 e. The lowest BCUT2D eigenvalue weighted by molar-refractivity contribution is 0.0180. The van der Waals surface area contributed by atoms with E-state index in [2.05, 4.69) is 4.98 Å². The van der Waals surface area contributed by atoms with Gasteiger partial charge in [-0.1, -0.05) is 0 Å². The lowest BCUT2D eigenvalue weighted by Gasteiger charge is -2.09. The number of ether oxygens (including phenoxy) is 4. The van der Waals surface area contributed by atoms with Gasteiger partial charge in [0.1, 0.15) is 23.6 Å². The van der Waals surface area contributed by atoms with Gasteiger partial charge in [0.15, 0.2) is 0 Å². The third-order valence-corrected chi connectivity index (χ3v) is 3.58. The zero-order valence-corrected chi connectivity index (χ0v) is 12.9. The second-order valence-electron chi connectivity index (χ2n) is 4.24. The lowest BCUT2D eigenvalue weighted by Crippen LogP contribution is -2.12. The van der Waals surface area contributed by atoms with Crippen molar-refractivity contribution in [3.63, 3.8) is 0 Å². The molecule has 7 heteroatoms. The van der Waals surface area contributed by atoms with Crippen LogP contribution in [0.15, 0.2) is 17.6 Å². The molecule has 116 valence electrons. The van der Waals surface area contributed by atoms with E-state index in [1.807, 2.05) is 12.1 Å². The molecular formula is C14H20N2O4S. The predicted molar refractivity (Wildman–Crippen MR) is 83.0 cm³/mol. The normalized spacial score (nSPS) is 11.1. The molecule has 6 nitrogen and oxygen atoms in total. The van der Waals surface area contributed by atoms with Gasteiger partial charge in [0, 0.05) is 7.11 Å². The van der Waals surface area contributed by atoms with Crippen LogP contribution in [-0.4, -0.2) is 51.7 Å². The van der Waals surface area contributed by atoms with Crippen LogP contribution in [0.4, 0.5) is 5.69 Å². The first-order chi connectivity index (χ1) is 10.3. The predicted octanol–water partition coefficient (Wildman–Crippen LogP) is 1.94. The summed E-state index contributed by atoms with van der Waals surface area (Å²) in [5, 5.41) is 0. The van der Waals surface area contributed by atoms with Crippen molar-refractivity contribution in [2.45, 2.75) is 0 Å². The van der Waals surface area contributed by atoms with E-state index < -0.39 is 0 Å². The van der Waals surface area contributed by atoms with Gasteiger partial charge >= 0.3 is 0 Å². The minimum Gasteiger partial charge on any atom is -0.489 e. The second-order valence-corrected chi connectivity index (χ2v) is 5.13. The maximum Gasteiger partial charge on any atom is 0.144 e. The second kappa shape index (κ2) is 8.78. The van der Waals surface area contributed by atoms with E-state index in [0.717, 1.165) is 10.2 Å². The van der Waals surface area contributed by atoms with Gasteiger partial charge < -0.3 is 24.7 Å². The van der Waals surface area contributed by atoms with Gasteiger partial charge in [-0.15, -0.1) is 11.3 Å². The largest absolute Gasteiger partial charge is 0.489 e. The molecule has 0 aliphatic heterocycles. The standard InChI is InChI=1S/C14H20N2O4S/c1-17-4-5-18-6-7-19-8-9-20-11-2-3-12-14(13(11)15)16-10-21-12/h2-3,10H,4-9,15H2,1H3. The van der Waals surface area contributed by atoms with Gasteiger partial charge in [-0.3, -0.25) is 0 Å². The highest BCUT2D eigenvalue weighted by Gasteiger charge is 2.07. The van der Waals surface area contributed by atoms with Crippen LogP contribution in [0.1, 0.15) is 0 Å². The summed E-state index contributed by atoms with van der Waals surface area (Å²) in [6.07, 6.45) is 0. The van der Waals surface area contributed by atoms with Crippen LogP contribution in [0.2, 0.25) is 0 Å². The fourth-order valence-electron chi connectivity index (χ4n) is 1.73. The molecule has 2 aromatic rings. The van der Waals surface area contributed by atoms with Crippen molar-refractivity contribution < 1.29 is 18.9 Å². The number of nitrogen functional groups attached to an aromatic ring is 1. The number of hydrogen-bond donors (Lipinski definition) is 1. The number of nitrogens with zero attached hydrogens (tertiary/aromatic N) is 1. The molecule has 0 bridgehead atoms. The molecule has 0 radical (unpaired) electrons. The van der Waals surface area contributed by atoms with Crippen LogP contribution < -0.4 is 10.5 Å². The Morgan fingerprint density at radius 3 is 2.52 bits per heavy atom. The van der Waals surface area contributed by atoms with Crippen molar-refractivity contribution in [1.29, 1.82) is 0 Å². The number of fused-ring (bicyclic) bond motifs is 1. The molecule has 0 aliphatic rings. The van der Waals surface area contributed by atoms with Gasteiger partial charge in [0.05, 0.1) is 43.2 Å². The number of nitrogens with two attached hydrogens (primary N) is 1. The third-order valence-electron chi connectivity index (χ3n) is 2.79. The number of anilines is 1. The van der Waals surface area contributed by atoms with Crippen molar-refractivity contribution in [2.24, 2.45) is 0 Å². The van der Waals surface area contributed by atoms with Crippen LogP contribution in [0.5, 0.6) is 5.75 Å². The highest BCUT2D eigenvalue weighted by Crippen LogP contribution is 2.31. The Balaban J connectivity index is 1.63. The van der Waals surface area contributed by atoms with Crippen LogP contribution in [-0.2, 0) is 14.2 Å². The molecule has 0 atom stereocenters. The van der Waals surface area contributed by atoms with Gasteiger partial charge in [-0.25, -0.2) is 4.98 Å². The molecule has 1 heterocycles. The number of thiazole rings is 1. The van der Waals surface area contributed by atoms with E-state index in [0.29, 0.717) is 51.1 Å². The Hall–Kier alpha value is -1.41. The van der Waals surface area contributed by atoms with E-state index in [9.17, 15) is 0 Å². The van der Waals surface area contributed by atoms with Gasteiger partial charge in [0.25, 0.3) is 0 Å². The van der Waals surface area contributed by atoms with E-state index in [-0.39, 0.29) is 0 Å². The summed E-state index contributed by atoms with van der Waals surface area (Å²) < 4.78 is 22.2. The van der Waals surface area contributed by atoms with Crippen molar-refractivity contribution in [3.8, 4) is 5.75 Å². The zero-order valence-electron chi connectivity index (χ0n) is 12.0. The van der Waals surface area contributed by atoms with Crippen LogP contribution in [0.25, 0.3) is 10.2 Å². The van der Waals surface area contributed by atoms with Crippen molar-refractivity contribution in [3.05, 3.63) is 17.6 Å². The Labute approximate surface area is 127 Å². The molecule has 1 aromatic heterocycles. The Kier molecular flexibility index (Phi) is 6.68. The number of rotatable bonds is 10. The summed E-state index contributed by atoms with van der Waals surface area (Å²) >= 11 is 1.56. The summed E-state index contributed by atoms with van der Waals surface area (Å²) in [5.41, 5.74) is 9.17. The molecule has 1 aromatic carbocycles. The monoisotopic (exact) mass is 312 g/mol. The maximum atomic E-state index is 6.02. The van der Waals surface area contributed by atoms with E-state index in [1.54, 1.807) is 24.0 Å². The number of methoxy groups -OCH3 is 1. The summed E-state index contributed by atoms with van der Waals surface area (Å²) in [6.45, 7) is 3.20. The quantitative estimate of drug-likeness (QED) is 0.534. The topological polar surface area (TPSA) is 75.8 Å². The SMILES string of the molecule is COCCOCCOCCOc1ccc2scnc2c1N. The van der Waals surface area contributed by atoms with E-state index in [4.69, 9.17) is 24.7 Å².